The van der Waals surface area contributed by atoms with Crippen LogP contribution in [-0.2, 0) is 19.1 Å². The van der Waals surface area contributed by atoms with Crippen LogP contribution in [0.25, 0.3) is 0 Å². The molecule has 0 amide bonds. The number of methoxy groups -OCH3 is 1. The van der Waals surface area contributed by atoms with Crippen LogP contribution >= 0.6 is 0 Å². The van der Waals surface area contributed by atoms with Gasteiger partial charge in [0.15, 0.2) is 0 Å². The molecule has 0 aromatic heterocycles. The largest absolute Gasteiger partial charge is 0.462 e. The van der Waals surface area contributed by atoms with Gasteiger partial charge in [-0.1, -0.05) is 41.5 Å². The molecule has 0 aromatic carbocycles. The van der Waals surface area contributed by atoms with Gasteiger partial charge in [-0.2, -0.15) is 0 Å². The first-order valence-corrected chi connectivity index (χ1v) is 10.6. The molecular formula is C22H40O6. The molecule has 1 rings (SSSR count). The lowest BCUT2D eigenvalue weighted by atomic mass is 9.77. The second kappa shape index (κ2) is 10.7. The molecular weight excluding hydrogens is 360 g/mol. The number of ketones is 1. The Balaban J connectivity index is 3.28. The summed E-state index contributed by atoms with van der Waals surface area (Å²) < 4.78 is 11.3. The molecule has 0 bridgehead atoms. The van der Waals surface area contributed by atoms with Crippen molar-refractivity contribution in [2.45, 2.75) is 85.7 Å². The molecule has 6 nitrogen and oxygen atoms in total. The third-order valence-electron chi connectivity index (χ3n) is 6.74. The van der Waals surface area contributed by atoms with Crippen LogP contribution in [0.15, 0.2) is 0 Å². The second-order valence-electron chi connectivity index (χ2n) is 8.88. The average Bonchev–Trinajstić information content (AvgIpc) is 2.67. The predicted molar refractivity (Wildman–Crippen MR) is 108 cm³/mol. The molecule has 0 spiro atoms. The smallest absolute Gasteiger partial charge is 0.311 e. The zero-order chi connectivity index (χ0) is 21.8. The molecule has 164 valence electrons. The molecule has 1 aliphatic rings. The summed E-state index contributed by atoms with van der Waals surface area (Å²) in [5.74, 6) is -2.66. The molecule has 10 atom stereocenters. The van der Waals surface area contributed by atoms with Gasteiger partial charge in [-0.05, 0) is 25.7 Å². The summed E-state index contributed by atoms with van der Waals surface area (Å²) in [6.07, 6.45) is -1.52. The molecule has 0 radical (unpaired) electrons. The SMILES string of the molecule is CCC1OC(=O)[C@H](C)[C@@H](O)[C@H](C)[C@@H](OC)[C@@H](C)C[C@@H](C)C(=O)[C@H](C)[C@@H](O)[C@H]1C. The summed E-state index contributed by atoms with van der Waals surface area (Å²) in [5, 5.41) is 21.6. The quantitative estimate of drug-likeness (QED) is 0.693. The highest BCUT2D eigenvalue weighted by atomic mass is 16.5. The van der Waals surface area contributed by atoms with Crippen LogP contribution in [0.5, 0.6) is 0 Å². The first-order chi connectivity index (χ1) is 13.0. The molecule has 1 aliphatic heterocycles. The Morgan fingerprint density at radius 1 is 0.964 bits per heavy atom. The van der Waals surface area contributed by atoms with Crippen molar-refractivity contribution in [1.82, 2.24) is 0 Å². The minimum atomic E-state index is -0.925. The predicted octanol–water partition coefficient (Wildman–Crippen LogP) is 2.83. The first kappa shape index (κ1) is 25.1. The van der Waals surface area contributed by atoms with Gasteiger partial charge in [0, 0.05) is 30.8 Å². The van der Waals surface area contributed by atoms with E-state index >= 15 is 0 Å². The van der Waals surface area contributed by atoms with Gasteiger partial charge < -0.3 is 19.7 Å². The van der Waals surface area contributed by atoms with Crippen molar-refractivity contribution in [1.29, 1.82) is 0 Å². The summed E-state index contributed by atoms with van der Waals surface area (Å²) in [4.78, 5) is 25.6. The van der Waals surface area contributed by atoms with E-state index in [1.165, 1.54) is 0 Å². The molecule has 1 heterocycles. The van der Waals surface area contributed by atoms with Crippen LogP contribution in [0.1, 0.15) is 61.3 Å². The maximum absolute atomic E-state index is 12.9. The van der Waals surface area contributed by atoms with Crippen LogP contribution in [0.2, 0.25) is 0 Å². The van der Waals surface area contributed by atoms with E-state index in [-0.39, 0.29) is 35.6 Å². The van der Waals surface area contributed by atoms with Crippen LogP contribution in [0.3, 0.4) is 0 Å². The van der Waals surface area contributed by atoms with Gasteiger partial charge in [-0.25, -0.2) is 0 Å². The lowest BCUT2D eigenvalue weighted by Crippen LogP contribution is -2.45. The molecule has 0 aromatic rings. The van der Waals surface area contributed by atoms with Crippen LogP contribution in [0.4, 0.5) is 0 Å². The average molecular weight is 401 g/mol. The number of aliphatic hydroxyl groups is 2. The number of hydrogen-bond donors (Lipinski definition) is 2. The van der Waals surface area contributed by atoms with Crippen LogP contribution in [0, 0.1) is 35.5 Å². The highest BCUT2D eigenvalue weighted by molar-refractivity contribution is 5.83. The number of carbonyl (C=O) groups excluding carboxylic acids is 2. The highest BCUT2D eigenvalue weighted by Crippen LogP contribution is 2.32. The zero-order valence-electron chi connectivity index (χ0n) is 18.7. The monoisotopic (exact) mass is 400 g/mol. The fourth-order valence-electron chi connectivity index (χ4n) is 4.67. The Bertz CT molecular complexity index is 521. The van der Waals surface area contributed by atoms with Crippen LogP contribution < -0.4 is 0 Å². The van der Waals surface area contributed by atoms with Crippen molar-refractivity contribution in [2.75, 3.05) is 7.11 Å². The van der Waals surface area contributed by atoms with Gasteiger partial charge in [0.2, 0.25) is 0 Å². The van der Waals surface area contributed by atoms with Gasteiger partial charge in [0.1, 0.15) is 11.9 Å². The van der Waals surface area contributed by atoms with Gasteiger partial charge in [0.25, 0.3) is 0 Å². The van der Waals surface area contributed by atoms with Crippen molar-refractivity contribution in [3.63, 3.8) is 0 Å². The molecule has 6 heteroatoms. The van der Waals surface area contributed by atoms with E-state index in [2.05, 4.69) is 0 Å². The summed E-state index contributed by atoms with van der Waals surface area (Å²) in [7, 11) is 1.59. The van der Waals surface area contributed by atoms with Gasteiger partial charge >= 0.3 is 5.97 Å². The summed E-state index contributed by atoms with van der Waals surface area (Å²) >= 11 is 0. The van der Waals surface area contributed by atoms with E-state index in [0.29, 0.717) is 12.8 Å². The molecule has 1 fully saturated rings. The summed E-state index contributed by atoms with van der Waals surface area (Å²) in [6, 6.07) is 0. The molecule has 2 N–H and O–H groups in total. The maximum atomic E-state index is 12.9. The van der Waals surface area contributed by atoms with E-state index in [1.54, 1.807) is 27.9 Å². The zero-order valence-corrected chi connectivity index (χ0v) is 18.7. The van der Waals surface area contributed by atoms with E-state index in [4.69, 9.17) is 9.47 Å². The Kier molecular flexibility index (Phi) is 9.57. The van der Waals surface area contributed by atoms with Gasteiger partial charge in [0.05, 0.1) is 24.2 Å². The molecule has 1 unspecified atom stereocenters. The lowest BCUT2D eigenvalue weighted by Gasteiger charge is -2.37. The minimum Gasteiger partial charge on any atom is -0.462 e. The Hall–Kier alpha value is -0.980. The normalized spacial score (nSPS) is 44.6. The van der Waals surface area contributed by atoms with E-state index in [9.17, 15) is 19.8 Å². The summed E-state index contributed by atoms with van der Waals surface area (Å²) in [6.45, 7) is 12.8. The number of ether oxygens (including phenoxy) is 2. The van der Waals surface area contributed by atoms with Crippen LogP contribution in [-0.4, -0.2) is 53.5 Å². The second-order valence-corrected chi connectivity index (χ2v) is 8.88. The first-order valence-electron chi connectivity index (χ1n) is 10.6. The fourth-order valence-corrected chi connectivity index (χ4v) is 4.67. The maximum Gasteiger partial charge on any atom is 0.311 e. The molecule has 28 heavy (non-hydrogen) atoms. The number of aliphatic hydroxyl groups excluding tert-OH is 2. The van der Waals surface area contributed by atoms with Crippen molar-refractivity contribution in [3.05, 3.63) is 0 Å². The van der Waals surface area contributed by atoms with E-state index in [0.717, 1.165) is 0 Å². The summed E-state index contributed by atoms with van der Waals surface area (Å²) in [5.41, 5.74) is 0. The van der Waals surface area contributed by atoms with E-state index in [1.807, 2.05) is 27.7 Å². The van der Waals surface area contributed by atoms with Crippen molar-refractivity contribution < 1.29 is 29.3 Å². The number of carbonyl (C=O) groups is 2. The lowest BCUT2D eigenvalue weighted by molar-refractivity contribution is -0.166. The Labute approximate surface area is 170 Å². The fraction of sp³-hybridized carbons (Fsp3) is 0.909. The number of rotatable bonds is 2. The number of hydrogen-bond acceptors (Lipinski definition) is 6. The standard InChI is InChI=1S/C22H40O6/c1-9-17-13(4)19(24)14(5)18(23)11(2)10-12(3)21(27-8)15(6)20(25)16(7)22(26)28-17/h11-17,19-21,24-25H,9-10H2,1-8H3/t11-,12+,13+,14+,15+,16-,17?,19+,20+,21+/m1/s1. The third kappa shape index (κ3) is 5.55. The number of Topliss-reactive ketones (excluding diaryl/α,β-unsaturated/α-hetero) is 1. The van der Waals surface area contributed by atoms with Gasteiger partial charge in [-0.3, -0.25) is 9.59 Å². The topological polar surface area (TPSA) is 93.1 Å². The Morgan fingerprint density at radius 2 is 1.50 bits per heavy atom. The molecule has 0 saturated carbocycles. The van der Waals surface area contributed by atoms with E-state index < -0.39 is 36.1 Å². The Morgan fingerprint density at radius 3 is 2.00 bits per heavy atom. The number of esters is 1. The molecule has 0 aliphatic carbocycles. The molecule has 1 saturated heterocycles. The minimum absolute atomic E-state index is 0.000798. The third-order valence-corrected chi connectivity index (χ3v) is 6.74. The van der Waals surface area contributed by atoms with Gasteiger partial charge in [-0.15, -0.1) is 0 Å². The van der Waals surface area contributed by atoms with Crippen molar-refractivity contribution in [3.8, 4) is 0 Å². The highest BCUT2D eigenvalue weighted by Gasteiger charge is 2.40. The van der Waals surface area contributed by atoms with Crippen molar-refractivity contribution in [2.24, 2.45) is 35.5 Å². The van der Waals surface area contributed by atoms with Crippen molar-refractivity contribution >= 4 is 11.8 Å². The number of cyclic esters (lactones) is 1.